The maximum absolute atomic E-state index is 12.8. The number of piperazine rings is 1. The van der Waals surface area contributed by atoms with Crippen LogP contribution in [0.2, 0.25) is 0 Å². The highest BCUT2D eigenvalue weighted by Gasteiger charge is 2.21. The van der Waals surface area contributed by atoms with Crippen LogP contribution < -0.4 is 5.32 Å². The van der Waals surface area contributed by atoms with Gasteiger partial charge in [-0.25, -0.2) is 4.39 Å². The van der Waals surface area contributed by atoms with Gasteiger partial charge in [-0.2, -0.15) is 0 Å². The van der Waals surface area contributed by atoms with E-state index in [1.807, 2.05) is 4.90 Å². The Kier molecular flexibility index (Phi) is 4.85. The van der Waals surface area contributed by atoms with Gasteiger partial charge in [0.1, 0.15) is 5.82 Å². The van der Waals surface area contributed by atoms with Gasteiger partial charge in [0.05, 0.1) is 0 Å². The van der Waals surface area contributed by atoms with Gasteiger partial charge in [0.25, 0.3) is 5.91 Å². The molecule has 21 heavy (non-hydrogen) atoms. The Morgan fingerprint density at radius 3 is 2.14 bits per heavy atom. The number of hydrogen-bond acceptors (Lipinski definition) is 3. The number of halogens is 1. The second kappa shape index (κ2) is 6.62. The molecule has 0 bridgehead atoms. The number of carbonyl (C=O) groups is 2. The lowest BCUT2D eigenvalue weighted by molar-refractivity contribution is -0.130. The van der Waals surface area contributed by atoms with Crippen LogP contribution in [0.25, 0.3) is 0 Å². The molecule has 0 aromatic heterocycles. The number of nitrogens with one attached hydrogen (secondary N) is 1. The van der Waals surface area contributed by atoms with Crippen LogP contribution in [-0.4, -0.2) is 52.9 Å². The molecule has 0 atom stereocenters. The number of thiocarbonyl (C=S) groups is 1. The molecule has 112 valence electrons. The molecule has 1 aliphatic heterocycles. The Morgan fingerprint density at radius 2 is 1.62 bits per heavy atom. The molecule has 0 spiro atoms. The molecule has 0 aliphatic carbocycles. The second-order valence-corrected chi connectivity index (χ2v) is 5.15. The van der Waals surface area contributed by atoms with Crippen LogP contribution in [0.5, 0.6) is 0 Å². The van der Waals surface area contributed by atoms with Gasteiger partial charge in [-0.05, 0) is 36.5 Å². The van der Waals surface area contributed by atoms with Crippen LogP contribution in [0.15, 0.2) is 24.3 Å². The third kappa shape index (κ3) is 3.98. The predicted molar refractivity (Wildman–Crippen MR) is 80.3 cm³/mol. The first kappa shape index (κ1) is 15.4. The van der Waals surface area contributed by atoms with Crippen molar-refractivity contribution in [2.24, 2.45) is 0 Å². The zero-order chi connectivity index (χ0) is 15.4. The molecule has 1 aromatic rings. The molecular formula is C14H16FN3O2S. The molecule has 1 aromatic carbocycles. The van der Waals surface area contributed by atoms with Crippen LogP contribution >= 0.6 is 12.2 Å². The van der Waals surface area contributed by atoms with E-state index in [0.29, 0.717) is 36.9 Å². The first-order valence-corrected chi connectivity index (χ1v) is 6.99. The van der Waals surface area contributed by atoms with E-state index in [4.69, 9.17) is 12.2 Å². The maximum atomic E-state index is 12.8. The molecule has 7 heteroatoms. The zero-order valence-electron chi connectivity index (χ0n) is 11.6. The fourth-order valence-electron chi connectivity index (χ4n) is 2.07. The van der Waals surface area contributed by atoms with E-state index in [2.05, 4.69) is 5.32 Å². The molecule has 0 radical (unpaired) electrons. The second-order valence-electron chi connectivity index (χ2n) is 4.76. The highest BCUT2D eigenvalue weighted by Crippen LogP contribution is 2.05. The molecule has 2 amide bonds. The van der Waals surface area contributed by atoms with Gasteiger partial charge in [0.15, 0.2) is 5.11 Å². The lowest BCUT2D eigenvalue weighted by Crippen LogP contribution is -2.53. The summed E-state index contributed by atoms with van der Waals surface area (Å²) in [6.45, 7) is 3.87. The average molecular weight is 309 g/mol. The zero-order valence-corrected chi connectivity index (χ0v) is 12.5. The summed E-state index contributed by atoms with van der Waals surface area (Å²) in [4.78, 5) is 26.8. The first-order chi connectivity index (χ1) is 9.97. The van der Waals surface area contributed by atoms with Crippen molar-refractivity contribution in [3.05, 3.63) is 35.6 Å². The summed E-state index contributed by atoms with van der Waals surface area (Å²) in [6, 6.07) is 5.26. The summed E-state index contributed by atoms with van der Waals surface area (Å²) in [5, 5.41) is 2.95. The van der Waals surface area contributed by atoms with Gasteiger partial charge in [-0.1, -0.05) is 0 Å². The Morgan fingerprint density at radius 1 is 1.10 bits per heavy atom. The minimum Gasteiger partial charge on any atom is -0.345 e. The summed E-state index contributed by atoms with van der Waals surface area (Å²) in [5.74, 6) is -0.723. The van der Waals surface area contributed by atoms with Crippen molar-refractivity contribution < 1.29 is 14.0 Å². The molecule has 2 rings (SSSR count). The molecule has 0 saturated carbocycles. The number of benzene rings is 1. The first-order valence-electron chi connectivity index (χ1n) is 6.58. The van der Waals surface area contributed by atoms with E-state index in [0.717, 1.165) is 0 Å². The van der Waals surface area contributed by atoms with Crippen molar-refractivity contribution in [3.63, 3.8) is 0 Å². The standard InChI is InChI=1S/C14H16FN3O2S/c1-10(19)17-6-8-18(9-7-17)14(21)16-13(20)11-2-4-12(15)5-3-11/h2-5H,6-9H2,1H3,(H,16,20,21). The Hall–Kier alpha value is -2.02. The fraction of sp³-hybridized carbons (Fsp3) is 0.357. The molecule has 0 unspecified atom stereocenters. The van der Waals surface area contributed by atoms with Crippen molar-refractivity contribution in [2.45, 2.75) is 6.92 Å². The van der Waals surface area contributed by atoms with Gasteiger partial charge < -0.3 is 9.80 Å². The fourth-order valence-corrected chi connectivity index (χ4v) is 2.35. The molecule has 1 aliphatic rings. The van der Waals surface area contributed by atoms with E-state index >= 15 is 0 Å². The SMILES string of the molecule is CC(=O)N1CCN(C(=S)NC(=O)c2ccc(F)cc2)CC1. The van der Waals surface area contributed by atoms with Crippen molar-refractivity contribution in [1.29, 1.82) is 0 Å². The highest BCUT2D eigenvalue weighted by atomic mass is 32.1. The molecular weight excluding hydrogens is 293 g/mol. The molecule has 5 nitrogen and oxygen atoms in total. The minimum absolute atomic E-state index is 0.0379. The number of nitrogens with zero attached hydrogens (tertiary/aromatic N) is 2. The predicted octanol–water partition coefficient (Wildman–Crippen LogP) is 1.00. The molecule has 1 heterocycles. The molecule has 1 fully saturated rings. The summed E-state index contributed by atoms with van der Waals surface area (Å²) in [5.41, 5.74) is 0.348. The number of carbonyl (C=O) groups excluding carboxylic acids is 2. The van der Waals surface area contributed by atoms with Crippen LogP contribution in [0, 0.1) is 5.82 Å². The van der Waals surface area contributed by atoms with E-state index in [9.17, 15) is 14.0 Å². The summed E-state index contributed by atoms with van der Waals surface area (Å²) in [6.07, 6.45) is 0. The maximum Gasteiger partial charge on any atom is 0.257 e. The Bertz CT molecular complexity index is 554. The van der Waals surface area contributed by atoms with Gasteiger partial charge >= 0.3 is 0 Å². The van der Waals surface area contributed by atoms with Crippen molar-refractivity contribution in [3.8, 4) is 0 Å². The van der Waals surface area contributed by atoms with E-state index < -0.39 is 5.82 Å². The van der Waals surface area contributed by atoms with Crippen LogP contribution in [0.1, 0.15) is 17.3 Å². The number of amides is 2. The van der Waals surface area contributed by atoms with Crippen molar-refractivity contribution in [1.82, 2.24) is 15.1 Å². The average Bonchev–Trinajstić information content (AvgIpc) is 2.47. The normalized spacial score (nSPS) is 14.8. The van der Waals surface area contributed by atoms with Crippen LogP contribution in [0.3, 0.4) is 0 Å². The Labute approximate surface area is 127 Å². The highest BCUT2D eigenvalue weighted by molar-refractivity contribution is 7.80. The summed E-state index contributed by atoms with van der Waals surface area (Å²) in [7, 11) is 0. The van der Waals surface area contributed by atoms with Crippen molar-refractivity contribution in [2.75, 3.05) is 26.2 Å². The van der Waals surface area contributed by atoms with Crippen LogP contribution in [-0.2, 0) is 4.79 Å². The van der Waals surface area contributed by atoms with Crippen molar-refractivity contribution >= 4 is 29.1 Å². The largest absolute Gasteiger partial charge is 0.345 e. The third-order valence-corrected chi connectivity index (χ3v) is 3.70. The van der Waals surface area contributed by atoms with Crippen LogP contribution in [0.4, 0.5) is 4.39 Å². The molecule has 1 saturated heterocycles. The smallest absolute Gasteiger partial charge is 0.257 e. The topological polar surface area (TPSA) is 52.7 Å². The Balaban J connectivity index is 1.89. The summed E-state index contributed by atoms with van der Waals surface area (Å²) >= 11 is 5.20. The third-order valence-electron chi connectivity index (χ3n) is 3.34. The lowest BCUT2D eigenvalue weighted by atomic mass is 10.2. The lowest BCUT2D eigenvalue weighted by Gasteiger charge is -2.35. The monoisotopic (exact) mass is 309 g/mol. The van der Waals surface area contributed by atoms with E-state index in [1.54, 1.807) is 4.90 Å². The quantitative estimate of drug-likeness (QED) is 0.787. The van der Waals surface area contributed by atoms with E-state index in [1.165, 1.54) is 31.2 Å². The molecule has 1 N–H and O–H groups in total. The van der Waals surface area contributed by atoms with Gasteiger partial charge in [-0.3, -0.25) is 14.9 Å². The number of rotatable bonds is 1. The van der Waals surface area contributed by atoms with Gasteiger partial charge in [0.2, 0.25) is 5.91 Å². The van der Waals surface area contributed by atoms with E-state index in [-0.39, 0.29) is 11.8 Å². The van der Waals surface area contributed by atoms with Gasteiger partial charge in [0, 0.05) is 38.7 Å². The van der Waals surface area contributed by atoms with Gasteiger partial charge in [-0.15, -0.1) is 0 Å². The summed E-state index contributed by atoms with van der Waals surface area (Å²) < 4.78 is 12.8. The minimum atomic E-state index is -0.394. The number of hydrogen-bond donors (Lipinski definition) is 1.